The van der Waals surface area contributed by atoms with Crippen LogP contribution in [0, 0.1) is 5.92 Å². The summed E-state index contributed by atoms with van der Waals surface area (Å²) in [6, 6.07) is 0.645. The van der Waals surface area contributed by atoms with Crippen molar-refractivity contribution in [2.75, 3.05) is 20.1 Å². The summed E-state index contributed by atoms with van der Waals surface area (Å²) in [6.07, 6.45) is 5.13. The van der Waals surface area contributed by atoms with Gasteiger partial charge < -0.3 is 14.8 Å². The highest BCUT2D eigenvalue weighted by Crippen LogP contribution is 2.15. The lowest BCUT2D eigenvalue weighted by Crippen LogP contribution is -2.46. The van der Waals surface area contributed by atoms with Crippen molar-refractivity contribution < 1.29 is 0 Å². The van der Waals surface area contributed by atoms with Crippen LogP contribution in [0.2, 0.25) is 0 Å². The first-order valence-corrected chi connectivity index (χ1v) is 6.61. The average molecular weight is 236 g/mol. The van der Waals surface area contributed by atoms with Crippen molar-refractivity contribution in [1.82, 2.24) is 19.8 Å². The van der Waals surface area contributed by atoms with E-state index in [1.165, 1.54) is 25.2 Å². The third-order valence-electron chi connectivity index (χ3n) is 3.79. The van der Waals surface area contributed by atoms with Crippen LogP contribution in [0.4, 0.5) is 0 Å². The topological polar surface area (TPSA) is 33.1 Å². The predicted octanol–water partition coefficient (Wildman–Crippen LogP) is 1.33. The summed E-state index contributed by atoms with van der Waals surface area (Å²) in [5.41, 5.74) is 1.29. The summed E-state index contributed by atoms with van der Waals surface area (Å²) in [7, 11) is 2.21. The van der Waals surface area contributed by atoms with Crippen molar-refractivity contribution in [3.8, 4) is 0 Å². The Morgan fingerprint density at radius 1 is 1.53 bits per heavy atom. The molecule has 0 bridgehead atoms. The number of piperidine rings is 1. The zero-order valence-electron chi connectivity index (χ0n) is 11.2. The fourth-order valence-corrected chi connectivity index (χ4v) is 2.67. The van der Waals surface area contributed by atoms with Crippen LogP contribution in [0.5, 0.6) is 0 Å². The van der Waals surface area contributed by atoms with E-state index in [-0.39, 0.29) is 0 Å². The molecule has 0 amide bonds. The van der Waals surface area contributed by atoms with Gasteiger partial charge in [0.05, 0.1) is 12.0 Å². The Balaban J connectivity index is 1.86. The number of rotatable bonds is 4. The van der Waals surface area contributed by atoms with Gasteiger partial charge in [0.15, 0.2) is 0 Å². The molecule has 2 rings (SSSR count). The SMILES string of the molecule is CCn1cncc1CNC1CCN(C)CC1C. The highest BCUT2D eigenvalue weighted by molar-refractivity contribution is 4.98. The molecule has 0 aliphatic carbocycles. The first-order valence-electron chi connectivity index (χ1n) is 6.61. The maximum absolute atomic E-state index is 4.20. The molecule has 2 atom stereocenters. The van der Waals surface area contributed by atoms with E-state index in [0.29, 0.717) is 6.04 Å². The van der Waals surface area contributed by atoms with Crippen LogP contribution in [-0.2, 0) is 13.1 Å². The third kappa shape index (κ3) is 3.07. The molecule has 2 unspecified atom stereocenters. The molecule has 1 fully saturated rings. The highest BCUT2D eigenvalue weighted by atomic mass is 15.1. The molecule has 4 nitrogen and oxygen atoms in total. The van der Waals surface area contributed by atoms with Crippen LogP contribution in [0.25, 0.3) is 0 Å². The van der Waals surface area contributed by atoms with Crippen LogP contribution in [0.15, 0.2) is 12.5 Å². The van der Waals surface area contributed by atoms with Gasteiger partial charge in [0, 0.05) is 31.9 Å². The minimum absolute atomic E-state index is 0.645. The molecule has 1 aliphatic heterocycles. The van der Waals surface area contributed by atoms with Crippen LogP contribution in [-0.4, -0.2) is 40.6 Å². The van der Waals surface area contributed by atoms with E-state index in [4.69, 9.17) is 0 Å². The van der Waals surface area contributed by atoms with Gasteiger partial charge in [-0.1, -0.05) is 6.92 Å². The zero-order valence-corrected chi connectivity index (χ0v) is 11.2. The van der Waals surface area contributed by atoms with Gasteiger partial charge in [-0.15, -0.1) is 0 Å². The minimum Gasteiger partial charge on any atom is -0.334 e. The quantitative estimate of drug-likeness (QED) is 0.856. The number of nitrogens with one attached hydrogen (secondary N) is 1. The lowest BCUT2D eigenvalue weighted by atomic mass is 9.94. The molecule has 1 aliphatic rings. The lowest BCUT2D eigenvalue weighted by Gasteiger charge is -2.35. The summed E-state index contributed by atoms with van der Waals surface area (Å²) in [6.45, 7) is 8.83. The van der Waals surface area contributed by atoms with Gasteiger partial charge in [0.1, 0.15) is 0 Å². The molecular formula is C13H24N4. The lowest BCUT2D eigenvalue weighted by molar-refractivity contribution is 0.174. The van der Waals surface area contributed by atoms with Gasteiger partial charge in [0.2, 0.25) is 0 Å². The van der Waals surface area contributed by atoms with Crippen LogP contribution in [0.1, 0.15) is 26.0 Å². The average Bonchev–Trinajstić information content (AvgIpc) is 2.75. The van der Waals surface area contributed by atoms with Gasteiger partial charge in [-0.25, -0.2) is 4.98 Å². The number of aromatic nitrogens is 2. The van der Waals surface area contributed by atoms with Crippen LogP contribution < -0.4 is 5.32 Å². The summed E-state index contributed by atoms with van der Waals surface area (Å²) in [5, 5.41) is 3.68. The number of nitrogens with zero attached hydrogens (tertiary/aromatic N) is 3. The largest absolute Gasteiger partial charge is 0.334 e. The number of likely N-dealkylation sites (tertiary alicyclic amines) is 1. The summed E-state index contributed by atoms with van der Waals surface area (Å²) < 4.78 is 2.20. The molecule has 1 saturated heterocycles. The Bertz CT molecular complexity index is 347. The Morgan fingerprint density at radius 3 is 3.06 bits per heavy atom. The molecule has 0 radical (unpaired) electrons. The Morgan fingerprint density at radius 2 is 2.35 bits per heavy atom. The summed E-state index contributed by atoms with van der Waals surface area (Å²) in [5.74, 6) is 0.728. The van der Waals surface area contributed by atoms with E-state index < -0.39 is 0 Å². The van der Waals surface area contributed by atoms with Crippen LogP contribution in [0.3, 0.4) is 0 Å². The summed E-state index contributed by atoms with van der Waals surface area (Å²) >= 11 is 0. The number of hydrogen-bond acceptors (Lipinski definition) is 3. The maximum Gasteiger partial charge on any atom is 0.0948 e. The molecule has 4 heteroatoms. The van der Waals surface area contributed by atoms with Crippen molar-refractivity contribution >= 4 is 0 Å². The molecule has 0 saturated carbocycles. The molecule has 0 aromatic carbocycles. The van der Waals surface area contributed by atoms with Gasteiger partial charge in [0.25, 0.3) is 0 Å². The number of hydrogen-bond donors (Lipinski definition) is 1. The number of aryl methyl sites for hydroxylation is 1. The minimum atomic E-state index is 0.645. The Hall–Kier alpha value is -0.870. The fourth-order valence-electron chi connectivity index (χ4n) is 2.67. The molecule has 1 aromatic heterocycles. The maximum atomic E-state index is 4.20. The first kappa shape index (κ1) is 12.6. The van der Waals surface area contributed by atoms with E-state index in [9.17, 15) is 0 Å². The number of imidazole rings is 1. The molecular weight excluding hydrogens is 212 g/mol. The molecule has 0 spiro atoms. The van der Waals surface area contributed by atoms with Gasteiger partial charge in [-0.05, 0) is 32.9 Å². The van der Waals surface area contributed by atoms with Gasteiger partial charge >= 0.3 is 0 Å². The van der Waals surface area contributed by atoms with E-state index in [2.05, 4.69) is 40.7 Å². The fraction of sp³-hybridized carbons (Fsp3) is 0.769. The molecule has 2 heterocycles. The monoisotopic (exact) mass is 236 g/mol. The summed E-state index contributed by atoms with van der Waals surface area (Å²) in [4.78, 5) is 6.62. The third-order valence-corrected chi connectivity index (χ3v) is 3.79. The van der Waals surface area contributed by atoms with Crippen molar-refractivity contribution in [2.24, 2.45) is 5.92 Å². The van der Waals surface area contributed by atoms with Gasteiger partial charge in [-0.2, -0.15) is 0 Å². The Kier molecular flexibility index (Phi) is 4.18. The van der Waals surface area contributed by atoms with Crippen molar-refractivity contribution in [3.63, 3.8) is 0 Å². The second-order valence-electron chi connectivity index (χ2n) is 5.19. The standard InChI is InChI=1S/C13H24N4/c1-4-17-10-14-7-12(17)8-15-13-5-6-16(3)9-11(13)2/h7,10-11,13,15H,4-6,8-9H2,1-3H3. The normalized spacial score (nSPS) is 26.3. The zero-order chi connectivity index (χ0) is 12.3. The molecule has 96 valence electrons. The second kappa shape index (κ2) is 5.65. The van der Waals surface area contributed by atoms with Gasteiger partial charge in [-0.3, -0.25) is 0 Å². The predicted molar refractivity (Wildman–Crippen MR) is 69.8 cm³/mol. The first-order chi connectivity index (χ1) is 8.20. The smallest absolute Gasteiger partial charge is 0.0948 e. The Labute approximate surface area is 104 Å². The van der Waals surface area contributed by atoms with Crippen LogP contribution >= 0.6 is 0 Å². The molecule has 17 heavy (non-hydrogen) atoms. The van der Waals surface area contributed by atoms with Crippen molar-refractivity contribution in [2.45, 2.75) is 39.4 Å². The molecule has 1 N–H and O–H groups in total. The highest BCUT2D eigenvalue weighted by Gasteiger charge is 2.23. The van der Waals surface area contributed by atoms with E-state index in [1.807, 2.05) is 12.5 Å². The van der Waals surface area contributed by atoms with E-state index in [0.717, 1.165) is 19.0 Å². The van der Waals surface area contributed by atoms with Crippen molar-refractivity contribution in [3.05, 3.63) is 18.2 Å². The van der Waals surface area contributed by atoms with E-state index in [1.54, 1.807) is 0 Å². The van der Waals surface area contributed by atoms with E-state index >= 15 is 0 Å². The van der Waals surface area contributed by atoms with Crippen molar-refractivity contribution in [1.29, 1.82) is 0 Å². The molecule has 1 aromatic rings. The second-order valence-corrected chi connectivity index (χ2v) is 5.19.